The minimum Gasteiger partial charge on any atom is -0.455 e. The van der Waals surface area contributed by atoms with Gasteiger partial charge in [-0.25, -0.2) is 0 Å². The molecule has 0 unspecified atom stereocenters. The van der Waals surface area contributed by atoms with Gasteiger partial charge in [-0.3, -0.25) is 9.13 Å². The van der Waals surface area contributed by atoms with E-state index in [4.69, 9.17) is 23.8 Å². The Kier molecular flexibility index (Phi) is 5.38. The van der Waals surface area contributed by atoms with E-state index >= 15 is 0 Å². The van der Waals surface area contributed by atoms with Crippen LogP contribution in [0.15, 0.2) is 160 Å². The van der Waals surface area contributed by atoms with Crippen LogP contribution >= 0.6 is 0 Å². The smallest absolute Gasteiger partial charge is 0.240 e. The number of hydrogen-bond acceptors (Lipinski definition) is 5. The van der Waals surface area contributed by atoms with Crippen LogP contribution in [0, 0.1) is 0 Å². The van der Waals surface area contributed by atoms with E-state index in [-0.39, 0.29) is 0 Å². The molecular formula is C45H25N5O2. The number of para-hydroxylation sites is 4. The Morgan fingerprint density at radius 1 is 0.346 bits per heavy atom. The van der Waals surface area contributed by atoms with Gasteiger partial charge in [-0.1, -0.05) is 103 Å². The van der Waals surface area contributed by atoms with Crippen LogP contribution in [0.4, 0.5) is 0 Å². The number of rotatable bonds is 3. The SMILES string of the molecule is c1ccc(-c2nc(-n3c4ccccc4c4c5oc6ccccc6c5ccc43)nc(-n3c4ccccc4c4c5oc6ccccc6c5ccc43)n2)cc1. The fraction of sp³-hybridized carbons (Fsp3) is 0. The molecular weight excluding hydrogens is 643 g/mol. The lowest BCUT2D eigenvalue weighted by Crippen LogP contribution is -2.10. The molecule has 7 nitrogen and oxygen atoms in total. The average molecular weight is 668 g/mol. The van der Waals surface area contributed by atoms with Crippen molar-refractivity contribution in [3.63, 3.8) is 0 Å². The summed E-state index contributed by atoms with van der Waals surface area (Å²) in [7, 11) is 0. The molecule has 12 aromatic rings. The van der Waals surface area contributed by atoms with Crippen molar-refractivity contribution >= 4 is 87.5 Å². The molecule has 0 radical (unpaired) electrons. The number of nitrogens with zero attached hydrogens (tertiary/aromatic N) is 5. The topological polar surface area (TPSA) is 74.8 Å². The van der Waals surface area contributed by atoms with E-state index in [1.54, 1.807) is 0 Å². The van der Waals surface area contributed by atoms with Crippen LogP contribution in [0.25, 0.3) is 111 Å². The first-order valence-corrected chi connectivity index (χ1v) is 17.3. The van der Waals surface area contributed by atoms with Gasteiger partial charge in [0.1, 0.15) is 22.3 Å². The molecule has 7 heteroatoms. The summed E-state index contributed by atoms with van der Waals surface area (Å²) in [6, 6.07) is 51.9. The minimum atomic E-state index is 0.515. The molecule has 242 valence electrons. The molecule has 0 fully saturated rings. The van der Waals surface area contributed by atoms with Crippen LogP contribution in [-0.2, 0) is 0 Å². The van der Waals surface area contributed by atoms with Crippen molar-refractivity contribution in [1.82, 2.24) is 24.1 Å². The summed E-state index contributed by atoms with van der Waals surface area (Å²) in [4.78, 5) is 15.7. The predicted molar refractivity (Wildman–Crippen MR) is 208 cm³/mol. The van der Waals surface area contributed by atoms with Gasteiger partial charge >= 0.3 is 0 Å². The van der Waals surface area contributed by atoms with E-state index in [1.807, 2.05) is 54.6 Å². The van der Waals surface area contributed by atoms with Crippen LogP contribution in [0.1, 0.15) is 0 Å². The monoisotopic (exact) mass is 667 g/mol. The van der Waals surface area contributed by atoms with Crippen molar-refractivity contribution < 1.29 is 8.83 Å². The highest BCUT2D eigenvalue weighted by Gasteiger charge is 2.24. The van der Waals surface area contributed by atoms with Gasteiger partial charge in [0.2, 0.25) is 11.9 Å². The van der Waals surface area contributed by atoms with E-state index < -0.39 is 0 Å². The quantitative estimate of drug-likeness (QED) is 0.187. The third-order valence-electron chi connectivity index (χ3n) is 10.4. The standard InChI is InChI=1S/C45H25N5O2/c1-2-12-26(13-3-1)43-46-44(49-33-18-8-4-16-31(33)39-35(49)24-22-29-27-14-6-10-20-37(27)51-41(29)39)48-45(47-43)50-34-19-9-5-17-32(34)40-36(50)25-23-30-28-15-7-11-21-38(28)52-42(30)40/h1-25H. The summed E-state index contributed by atoms with van der Waals surface area (Å²) in [5, 5.41) is 8.52. The predicted octanol–water partition coefficient (Wildman–Crippen LogP) is 11.5. The molecule has 0 atom stereocenters. The van der Waals surface area contributed by atoms with Crippen LogP contribution in [0.2, 0.25) is 0 Å². The van der Waals surface area contributed by atoms with Gasteiger partial charge in [0.25, 0.3) is 0 Å². The number of aromatic nitrogens is 5. The Morgan fingerprint density at radius 2 is 0.788 bits per heavy atom. The fourth-order valence-corrected chi connectivity index (χ4v) is 8.17. The van der Waals surface area contributed by atoms with Crippen molar-refractivity contribution in [3.05, 3.63) is 152 Å². The summed E-state index contributed by atoms with van der Waals surface area (Å²) >= 11 is 0. The number of benzene rings is 7. The third-order valence-corrected chi connectivity index (χ3v) is 10.4. The van der Waals surface area contributed by atoms with Crippen molar-refractivity contribution in [3.8, 4) is 23.3 Å². The van der Waals surface area contributed by atoms with E-state index in [0.29, 0.717) is 17.7 Å². The Balaban J connectivity index is 1.21. The zero-order chi connectivity index (χ0) is 33.9. The van der Waals surface area contributed by atoms with Crippen molar-refractivity contribution in [2.75, 3.05) is 0 Å². The zero-order valence-electron chi connectivity index (χ0n) is 27.5. The van der Waals surface area contributed by atoms with Gasteiger partial charge in [0, 0.05) is 37.9 Å². The third kappa shape index (κ3) is 3.66. The molecule has 0 amide bonds. The zero-order valence-corrected chi connectivity index (χ0v) is 27.5. The molecule has 0 saturated heterocycles. The summed E-state index contributed by atoms with van der Waals surface area (Å²) in [6.07, 6.45) is 0. The highest BCUT2D eigenvalue weighted by atomic mass is 16.3. The average Bonchev–Trinajstić information content (AvgIpc) is 3.95. The van der Waals surface area contributed by atoms with Crippen LogP contribution < -0.4 is 0 Å². The van der Waals surface area contributed by atoms with Gasteiger partial charge in [-0.2, -0.15) is 15.0 Å². The molecule has 0 bridgehead atoms. The molecule has 5 heterocycles. The van der Waals surface area contributed by atoms with Gasteiger partial charge in [-0.05, 0) is 48.5 Å². The molecule has 7 aromatic carbocycles. The van der Waals surface area contributed by atoms with E-state index in [2.05, 4.69) is 106 Å². The highest BCUT2D eigenvalue weighted by molar-refractivity contribution is 6.25. The molecule has 0 saturated carbocycles. The van der Waals surface area contributed by atoms with Crippen molar-refractivity contribution in [2.24, 2.45) is 0 Å². The van der Waals surface area contributed by atoms with E-state index in [0.717, 1.165) is 93.1 Å². The largest absolute Gasteiger partial charge is 0.455 e. The molecule has 12 rings (SSSR count). The molecule has 5 aromatic heterocycles. The normalized spacial score (nSPS) is 12.2. The minimum absolute atomic E-state index is 0.515. The van der Waals surface area contributed by atoms with Gasteiger partial charge in [0.05, 0.1) is 32.8 Å². The lowest BCUT2D eigenvalue weighted by Gasteiger charge is -2.12. The Labute approximate surface area is 294 Å². The van der Waals surface area contributed by atoms with Crippen molar-refractivity contribution in [2.45, 2.75) is 0 Å². The summed E-state index contributed by atoms with van der Waals surface area (Å²) in [5.74, 6) is 1.61. The summed E-state index contributed by atoms with van der Waals surface area (Å²) in [6.45, 7) is 0. The highest BCUT2D eigenvalue weighted by Crippen LogP contribution is 2.42. The summed E-state index contributed by atoms with van der Waals surface area (Å²) < 4.78 is 17.4. The maximum Gasteiger partial charge on any atom is 0.240 e. The second-order valence-electron chi connectivity index (χ2n) is 13.2. The molecule has 0 spiro atoms. The van der Waals surface area contributed by atoms with Crippen LogP contribution in [-0.4, -0.2) is 24.1 Å². The van der Waals surface area contributed by atoms with E-state index in [9.17, 15) is 0 Å². The van der Waals surface area contributed by atoms with Crippen molar-refractivity contribution in [1.29, 1.82) is 0 Å². The van der Waals surface area contributed by atoms with Gasteiger partial charge in [0.15, 0.2) is 5.82 Å². The van der Waals surface area contributed by atoms with E-state index in [1.165, 1.54) is 0 Å². The number of hydrogen-bond donors (Lipinski definition) is 0. The lowest BCUT2D eigenvalue weighted by atomic mass is 10.1. The molecule has 0 aliphatic rings. The number of furan rings is 2. The maximum atomic E-state index is 6.57. The molecule has 0 aliphatic carbocycles. The number of fused-ring (bicyclic) bond motifs is 14. The first-order valence-electron chi connectivity index (χ1n) is 17.3. The van der Waals surface area contributed by atoms with Gasteiger partial charge in [-0.15, -0.1) is 0 Å². The molecule has 0 N–H and O–H groups in total. The van der Waals surface area contributed by atoms with Crippen LogP contribution in [0.3, 0.4) is 0 Å². The second kappa shape index (κ2) is 10.2. The van der Waals surface area contributed by atoms with Crippen LogP contribution in [0.5, 0.6) is 0 Å². The Bertz CT molecular complexity index is 3220. The first-order chi connectivity index (χ1) is 25.8. The maximum absolute atomic E-state index is 6.57. The fourth-order valence-electron chi connectivity index (χ4n) is 8.17. The second-order valence-corrected chi connectivity index (χ2v) is 13.2. The summed E-state index contributed by atoms with van der Waals surface area (Å²) in [5.41, 5.74) is 8.19. The lowest BCUT2D eigenvalue weighted by molar-refractivity contribution is 0.672. The van der Waals surface area contributed by atoms with Gasteiger partial charge < -0.3 is 8.83 Å². The molecule has 52 heavy (non-hydrogen) atoms. The Hall–Kier alpha value is -7.25. The molecule has 0 aliphatic heterocycles. The Morgan fingerprint density at radius 3 is 1.31 bits per heavy atom. The first kappa shape index (κ1) is 27.6.